The maximum atomic E-state index is 12.4. The van der Waals surface area contributed by atoms with Crippen LogP contribution in [0.5, 0.6) is 0 Å². The second kappa shape index (κ2) is 15.6. The molecule has 0 fully saturated rings. The van der Waals surface area contributed by atoms with Gasteiger partial charge in [0.15, 0.2) is 0 Å². The molecule has 6 N–H and O–H groups in total. The summed E-state index contributed by atoms with van der Waals surface area (Å²) in [5.74, 6) is 0.903. The molecular weight excluding hydrogens is 516 g/mol. The molecule has 0 aliphatic heterocycles. The molecule has 2 aromatic carbocycles. The number of aromatic nitrogens is 2. The predicted molar refractivity (Wildman–Crippen MR) is 156 cm³/mol. The fourth-order valence-electron chi connectivity index (χ4n) is 3.66. The molecule has 0 spiro atoms. The molecule has 3 rings (SSSR count). The molecule has 0 atom stereocenters. The van der Waals surface area contributed by atoms with E-state index in [1.165, 1.54) is 16.9 Å². The van der Waals surface area contributed by atoms with Crippen molar-refractivity contribution in [2.75, 3.05) is 11.6 Å². The van der Waals surface area contributed by atoms with E-state index in [4.69, 9.17) is 11.5 Å². The molecule has 38 heavy (non-hydrogen) atoms. The zero-order valence-electron chi connectivity index (χ0n) is 21.5. The van der Waals surface area contributed by atoms with Crippen molar-refractivity contribution in [2.24, 2.45) is 11.5 Å². The van der Waals surface area contributed by atoms with Gasteiger partial charge < -0.3 is 22.1 Å². The van der Waals surface area contributed by atoms with Crippen LogP contribution < -0.4 is 22.1 Å². The van der Waals surface area contributed by atoms with Crippen molar-refractivity contribution in [3.63, 3.8) is 0 Å². The molecule has 1 heterocycles. The van der Waals surface area contributed by atoms with Gasteiger partial charge in [-0.3, -0.25) is 9.59 Å². The second-order valence-electron chi connectivity index (χ2n) is 8.76. The Morgan fingerprint density at radius 3 is 2.45 bits per heavy atom. The highest BCUT2D eigenvalue weighted by molar-refractivity contribution is 7.97. The average molecular weight is 551 g/mol. The van der Waals surface area contributed by atoms with Crippen LogP contribution in [0.2, 0.25) is 0 Å². The number of nitrogens with zero attached hydrogens (tertiary/aromatic N) is 2. The maximum Gasteiger partial charge on any atom is 0.230 e. The third-order valence-electron chi connectivity index (χ3n) is 5.45. The summed E-state index contributed by atoms with van der Waals surface area (Å²) in [6, 6.07) is 17.5. The quantitative estimate of drug-likeness (QED) is 0.174. The highest BCUT2D eigenvalue weighted by atomic mass is 32.2. The minimum absolute atomic E-state index is 0.101. The smallest absolute Gasteiger partial charge is 0.230 e. The van der Waals surface area contributed by atoms with Crippen molar-refractivity contribution in [3.05, 3.63) is 100.0 Å². The van der Waals surface area contributed by atoms with E-state index in [1.54, 1.807) is 23.9 Å². The van der Waals surface area contributed by atoms with Crippen LogP contribution in [-0.2, 0) is 34.6 Å². The summed E-state index contributed by atoms with van der Waals surface area (Å²) < 4.78 is 0. The van der Waals surface area contributed by atoms with E-state index in [9.17, 15) is 9.59 Å². The first-order chi connectivity index (χ1) is 18.4. The van der Waals surface area contributed by atoms with Gasteiger partial charge in [0.1, 0.15) is 10.8 Å². The lowest BCUT2D eigenvalue weighted by atomic mass is 10.1. The number of nitrogens with one attached hydrogen (secondary N) is 2. The average Bonchev–Trinajstić information content (AvgIpc) is 3.33. The van der Waals surface area contributed by atoms with Crippen molar-refractivity contribution in [1.82, 2.24) is 15.5 Å². The number of nitrogens with two attached hydrogens (primary N) is 2. The first-order valence-corrected chi connectivity index (χ1v) is 14.6. The van der Waals surface area contributed by atoms with Crippen LogP contribution >= 0.6 is 23.1 Å². The number of aryl methyl sites for hydroxylation is 1. The molecule has 0 bridgehead atoms. The summed E-state index contributed by atoms with van der Waals surface area (Å²) in [5.41, 5.74) is 15.8. The van der Waals surface area contributed by atoms with Crippen LogP contribution in [0, 0.1) is 0 Å². The summed E-state index contributed by atoms with van der Waals surface area (Å²) in [7, 11) is 0. The van der Waals surface area contributed by atoms with Crippen molar-refractivity contribution < 1.29 is 9.59 Å². The van der Waals surface area contributed by atoms with E-state index in [-0.39, 0.29) is 24.1 Å². The zero-order valence-corrected chi connectivity index (χ0v) is 23.1. The van der Waals surface area contributed by atoms with E-state index < -0.39 is 0 Å². The molecule has 10 heteroatoms. The molecule has 0 unspecified atom stereocenters. The molecule has 1 aromatic heterocycles. The van der Waals surface area contributed by atoms with Gasteiger partial charge in [-0.15, -0.1) is 10.2 Å². The number of amides is 2. The SMILES string of the molecule is CSCc1cccc(CC(=O)Nc2nnc(CCCC/C(N)=C/C=C(\N)NC(=O)Cc3ccccc3)s2)c1. The molecule has 0 aliphatic rings. The zero-order chi connectivity index (χ0) is 27.2. The van der Waals surface area contributed by atoms with E-state index in [2.05, 4.69) is 39.2 Å². The maximum absolute atomic E-state index is 12.4. The van der Waals surface area contributed by atoms with Crippen LogP contribution in [0.4, 0.5) is 5.13 Å². The van der Waals surface area contributed by atoms with Crippen LogP contribution in [0.3, 0.4) is 0 Å². The predicted octanol–water partition coefficient (Wildman–Crippen LogP) is 4.30. The van der Waals surface area contributed by atoms with Crippen LogP contribution in [0.15, 0.2) is 78.3 Å². The number of thioether (sulfide) groups is 1. The molecular formula is C28H34N6O2S2. The first kappa shape index (κ1) is 28.9. The number of hydrogen-bond donors (Lipinski definition) is 4. The number of carbonyl (C=O) groups is 2. The molecule has 2 amide bonds. The summed E-state index contributed by atoms with van der Waals surface area (Å²) in [5, 5.41) is 15.2. The Morgan fingerprint density at radius 1 is 0.921 bits per heavy atom. The minimum atomic E-state index is -0.176. The molecule has 0 aliphatic carbocycles. The number of carbonyl (C=O) groups excluding carboxylic acids is 2. The lowest BCUT2D eigenvalue weighted by molar-refractivity contribution is -0.119. The van der Waals surface area contributed by atoms with Gasteiger partial charge in [-0.25, -0.2) is 0 Å². The Bertz CT molecular complexity index is 1260. The van der Waals surface area contributed by atoms with Gasteiger partial charge in [-0.05, 0) is 54.4 Å². The number of hydrogen-bond acceptors (Lipinski definition) is 8. The summed E-state index contributed by atoms with van der Waals surface area (Å²) in [6.45, 7) is 0. The number of anilines is 1. The normalized spacial score (nSPS) is 11.8. The van der Waals surface area contributed by atoms with Crippen molar-refractivity contribution >= 4 is 40.0 Å². The van der Waals surface area contributed by atoms with Crippen LogP contribution in [-0.4, -0.2) is 28.3 Å². The monoisotopic (exact) mass is 550 g/mol. The standard InChI is InChI=1S/C28H34N6O2S2/c1-37-19-22-11-7-10-21(16-22)18-26(36)32-28-34-33-27(38-28)13-6-5-12-23(29)14-15-24(30)31-25(35)17-20-8-3-2-4-9-20/h2-4,7-11,14-16H,5-6,12-13,17-19,29-30H2,1H3,(H,31,35)(H,32,34,36)/b23-14-,24-15+. The number of benzene rings is 2. The Kier molecular flexibility index (Phi) is 11.9. The summed E-state index contributed by atoms with van der Waals surface area (Å²) in [6.07, 6.45) is 9.14. The minimum Gasteiger partial charge on any atom is -0.402 e. The van der Waals surface area contributed by atoms with Gasteiger partial charge in [0.2, 0.25) is 16.9 Å². The lowest BCUT2D eigenvalue weighted by Gasteiger charge is -2.05. The topological polar surface area (TPSA) is 136 Å². The molecule has 0 radical (unpaired) electrons. The Labute approximate surface area is 232 Å². The van der Waals surface area contributed by atoms with Crippen molar-refractivity contribution in [2.45, 2.75) is 44.3 Å². The highest BCUT2D eigenvalue weighted by Gasteiger charge is 2.10. The number of rotatable bonds is 14. The fourth-order valence-corrected chi connectivity index (χ4v) is 4.97. The van der Waals surface area contributed by atoms with Gasteiger partial charge in [-0.2, -0.15) is 11.8 Å². The van der Waals surface area contributed by atoms with Gasteiger partial charge in [-0.1, -0.05) is 65.9 Å². The Balaban J connectivity index is 1.35. The van der Waals surface area contributed by atoms with E-state index in [0.29, 0.717) is 23.7 Å². The third-order valence-corrected chi connectivity index (χ3v) is 6.98. The van der Waals surface area contributed by atoms with Crippen LogP contribution in [0.1, 0.15) is 41.0 Å². The Morgan fingerprint density at radius 2 is 1.66 bits per heavy atom. The van der Waals surface area contributed by atoms with Crippen molar-refractivity contribution in [3.8, 4) is 0 Å². The fraction of sp³-hybridized carbons (Fsp3) is 0.286. The van der Waals surface area contributed by atoms with E-state index >= 15 is 0 Å². The third kappa shape index (κ3) is 10.8. The lowest BCUT2D eigenvalue weighted by Crippen LogP contribution is -2.28. The highest BCUT2D eigenvalue weighted by Crippen LogP contribution is 2.19. The molecule has 3 aromatic rings. The molecule has 0 saturated heterocycles. The summed E-state index contributed by atoms with van der Waals surface area (Å²) in [4.78, 5) is 24.5. The van der Waals surface area contributed by atoms with E-state index in [1.807, 2.05) is 42.5 Å². The van der Waals surface area contributed by atoms with Crippen LogP contribution in [0.25, 0.3) is 0 Å². The van der Waals surface area contributed by atoms with Gasteiger partial charge >= 0.3 is 0 Å². The first-order valence-electron chi connectivity index (χ1n) is 12.4. The molecule has 8 nitrogen and oxygen atoms in total. The van der Waals surface area contributed by atoms with Gasteiger partial charge in [0, 0.05) is 17.9 Å². The number of unbranched alkanes of at least 4 members (excludes halogenated alkanes) is 1. The van der Waals surface area contributed by atoms with Gasteiger partial charge in [0.05, 0.1) is 12.8 Å². The largest absolute Gasteiger partial charge is 0.402 e. The molecule has 0 saturated carbocycles. The summed E-state index contributed by atoms with van der Waals surface area (Å²) >= 11 is 3.15. The second-order valence-corrected chi connectivity index (χ2v) is 10.7. The molecule has 200 valence electrons. The van der Waals surface area contributed by atoms with Crippen molar-refractivity contribution in [1.29, 1.82) is 0 Å². The van der Waals surface area contributed by atoms with E-state index in [0.717, 1.165) is 41.1 Å². The van der Waals surface area contributed by atoms with Gasteiger partial charge in [0.25, 0.3) is 0 Å². The Hall–Kier alpha value is -3.63. The number of allylic oxidation sites excluding steroid dienone is 3.